The van der Waals surface area contributed by atoms with Crippen LogP contribution in [-0.2, 0) is 4.79 Å². The van der Waals surface area contributed by atoms with Gasteiger partial charge in [-0.25, -0.2) is 4.98 Å². The molecule has 0 spiro atoms. The third-order valence-corrected chi connectivity index (χ3v) is 6.91. The number of amides is 1. The number of hydrogen-bond donors (Lipinski definition) is 2. The topological polar surface area (TPSA) is 70.7 Å². The maximum atomic E-state index is 12.8. The number of carbonyl (C=O) groups is 1. The second kappa shape index (κ2) is 10.4. The fraction of sp³-hybridized carbons (Fsp3) is 0.167. The first-order valence-electron chi connectivity index (χ1n) is 12.0. The Balaban J connectivity index is 1.31. The van der Waals surface area contributed by atoms with Gasteiger partial charge in [-0.2, -0.15) is 0 Å². The van der Waals surface area contributed by atoms with Crippen LogP contribution >= 0.6 is 11.8 Å². The van der Waals surface area contributed by atoms with Crippen LogP contribution < -0.4 is 5.32 Å². The molecule has 0 radical (unpaired) electrons. The van der Waals surface area contributed by atoms with E-state index in [-0.39, 0.29) is 5.91 Å². The Hall–Kier alpha value is -3.90. The van der Waals surface area contributed by atoms with E-state index in [2.05, 4.69) is 77.7 Å². The Morgan fingerprint density at radius 1 is 0.861 bits per heavy atom. The van der Waals surface area contributed by atoms with E-state index < -0.39 is 0 Å². The number of pyridine rings is 1. The number of aromatic nitrogens is 3. The SMILES string of the molecule is Cc1ccc(-c2nc(SCCC(=O)Nc3cc(C)nc4ccccc34)[nH]c2-c2ccc(C)cc2)cc1. The van der Waals surface area contributed by atoms with Crippen LogP contribution in [0.1, 0.15) is 23.2 Å². The molecule has 0 fully saturated rings. The Morgan fingerprint density at radius 2 is 1.53 bits per heavy atom. The quantitative estimate of drug-likeness (QED) is 0.233. The third kappa shape index (κ3) is 5.34. The lowest BCUT2D eigenvalue weighted by molar-refractivity contribution is -0.115. The van der Waals surface area contributed by atoms with Crippen molar-refractivity contribution in [1.82, 2.24) is 15.0 Å². The van der Waals surface area contributed by atoms with Gasteiger partial charge < -0.3 is 10.3 Å². The average Bonchev–Trinajstić information content (AvgIpc) is 3.29. The van der Waals surface area contributed by atoms with E-state index >= 15 is 0 Å². The fourth-order valence-electron chi connectivity index (χ4n) is 4.13. The zero-order chi connectivity index (χ0) is 25.1. The van der Waals surface area contributed by atoms with Gasteiger partial charge in [-0.05, 0) is 32.9 Å². The minimum Gasteiger partial charge on any atom is -0.332 e. The summed E-state index contributed by atoms with van der Waals surface area (Å²) in [5, 5.41) is 4.82. The summed E-state index contributed by atoms with van der Waals surface area (Å²) in [6, 6.07) is 26.6. The van der Waals surface area contributed by atoms with E-state index in [4.69, 9.17) is 4.98 Å². The van der Waals surface area contributed by atoms with Crippen molar-refractivity contribution in [2.75, 3.05) is 11.1 Å². The maximum Gasteiger partial charge on any atom is 0.225 e. The predicted molar refractivity (Wildman–Crippen MR) is 149 cm³/mol. The van der Waals surface area contributed by atoms with Crippen molar-refractivity contribution in [3.05, 3.63) is 95.7 Å². The molecule has 36 heavy (non-hydrogen) atoms. The lowest BCUT2D eigenvalue weighted by atomic mass is 10.0. The molecule has 2 N–H and O–H groups in total. The number of rotatable bonds is 7. The molecule has 5 rings (SSSR count). The van der Waals surface area contributed by atoms with Crippen molar-refractivity contribution in [1.29, 1.82) is 0 Å². The molecule has 0 saturated heterocycles. The second-order valence-corrected chi connectivity index (χ2v) is 10.1. The maximum absolute atomic E-state index is 12.8. The van der Waals surface area contributed by atoms with Gasteiger partial charge in [0.15, 0.2) is 5.16 Å². The smallest absolute Gasteiger partial charge is 0.225 e. The number of aromatic amines is 1. The summed E-state index contributed by atoms with van der Waals surface area (Å²) in [7, 11) is 0. The molecular weight excluding hydrogens is 464 g/mol. The van der Waals surface area contributed by atoms with Gasteiger partial charge in [-0.3, -0.25) is 9.78 Å². The highest BCUT2D eigenvalue weighted by Gasteiger charge is 2.15. The average molecular weight is 493 g/mol. The van der Waals surface area contributed by atoms with Gasteiger partial charge in [0.25, 0.3) is 0 Å². The van der Waals surface area contributed by atoms with Crippen LogP contribution in [-0.4, -0.2) is 26.6 Å². The molecule has 0 saturated carbocycles. The number of benzene rings is 3. The van der Waals surface area contributed by atoms with E-state index in [1.165, 1.54) is 11.1 Å². The van der Waals surface area contributed by atoms with Gasteiger partial charge in [-0.1, -0.05) is 89.6 Å². The Kier molecular flexibility index (Phi) is 6.87. The van der Waals surface area contributed by atoms with E-state index in [1.807, 2.05) is 37.3 Å². The van der Waals surface area contributed by atoms with Gasteiger partial charge in [0.05, 0.1) is 22.6 Å². The molecule has 0 aliphatic rings. The van der Waals surface area contributed by atoms with Crippen molar-refractivity contribution < 1.29 is 4.79 Å². The summed E-state index contributed by atoms with van der Waals surface area (Å²) in [4.78, 5) is 25.7. The minimum absolute atomic E-state index is 0.0256. The van der Waals surface area contributed by atoms with Crippen LogP contribution in [0.25, 0.3) is 33.4 Å². The molecule has 0 atom stereocenters. The summed E-state index contributed by atoms with van der Waals surface area (Å²) in [5.41, 5.74) is 9.05. The predicted octanol–water partition coefficient (Wildman–Crippen LogP) is 7.34. The number of thioether (sulfide) groups is 1. The molecule has 3 aromatic carbocycles. The van der Waals surface area contributed by atoms with Crippen molar-refractivity contribution in [3.63, 3.8) is 0 Å². The number of H-pyrrole nitrogens is 1. The van der Waals surface area contributed by atoms with E-state index in [0.29, 0.717) is 12.2 Å². The van der Waals surface area contributed by atoms with Crippen LogP contribution in [0.3, 0.4) is 0 Å². The monoisotopic (exact) mass is 492 g/mol. The van der Waals surface area contributed by atoms with E-state index in [9.17, 15) is 4.79 Å². The van der Waals surface area contributed by atoms with Crippen LogP contribution in [0.15, 0.2) is 84.0 Å². The van der Waals surface area contributed by atoms with Crippen molar-refractivity contribution in [2.45, 2.75) is 32.3 Å². The standard InChI is InChI=1S/C30H28N4OS/c1-19-8-12-22(13-9-19)28-29(23-14-10-20(2)11-15-23)34-30(33-28)36-17-16-27(35)32-26-18-21(3)31-25-7-5-4-6-24(25)26/h4-15,18H,16-17H2,1-3H3,(H,33,34)(H,31,32,35). The molecule has 0 bridgehead atoms. The van der Waals surface area contributed by atoms with Crippen LogP contribution in [0.2, 0.25) is 0 Å². The zero-order valence-electron chi connectivity index (χ0n) is 20.6. The van der Waals surface area contributed by atoms with Crippen molar-refractivity contribution in [3.8, 4) is 22.5 Å². The first-order chi connectivity index (χ1) is 17.5. The molecule has 180 valence electrons. The van der Waals surface area contributed by atoms with Gasteiger partial charge in [-0.15, -0.1) is 0 Å². The molecule has 5 aromatic rings. The highest BCUT2D eigenvalue weighted by atomic mass is 32.2. The van der Waals surface area contributed by atoms with Gasteiger partial charge in [0.2, 0.25) is 5.91 Å². The third-order valence-electron chi connectivity index (χ3n) is 6.03. The zero-order valence-corrected chi connectivity index (χ0v) is 21.4. The number of carbonyl (C=O) groups excluding carboxylic acids is 1. The summed E-state index contributed by atoms with van der Waals surface area (Å²) in [5.74, 6) is 0.587. The fourth-order valence-corrected chi connectivity index (χ4v) is 4.94. The molecule has 0 aliphatic heterocycles. The largest absolute Gasteiger partial charge is 0.332 e. The highest BCUT2D eigenvalue weighted by Crippen LogP contribution is 2.33. The summed E-state index contributed by atoms with van der Waals surface area (Å²) in [6.07, 6.45) is 0.376. The molecule has 0 unspecified atom stereocenters. The summed E-state index contributed by atoms with van der Waals surface area (Å²) in [6.45, 7) is 6.10. The van der Waals surface area contributed by atoms with Crippen LogP contribution in [0.4, 0.5) is 5.69 Å². The first kappa shape index (κ1) is 23.8. The number of imidazole rings is 1. The summed E-state index contributed by atoms with van der Waals surface area (Å²) < 4.78 is 0. The van der Waals surface area contributed by atoms with Crippen molar-refractivity contribution in [2.24, 2.45) is 0 Å². The van der Waals surface area contributed by atoms with Crippen LogP contribution in [0.5, 0.6) is 0 Å². The van der Waals surface area contributed by atoms with Crippen LogP contribution in [0, 0.1) is 20.8 Å². The molecule has 0 aliphatic carbocycles. The molecule has 5 nitrogen and oxygen atoms in total. The van der Waals surface area contributed by atoms with Gasteiger partial charge >= 0.3 is 0 Å². The van der Waals surface area contributed by atoms with Crippen molar-refractivity contribution >= 4 is 34.3 Å². The molecule has 2 heterocycles. The number of hydrogen-bond acceptors (Lipinski definition) is 4. The number of fused-ring (bicyclic) bond motifs is 1. The Bertz CT molecular complexity index is 1460. The lowest BCUT2D eigenvalue weighted by Crippen LogP contribution is -2.13. The minimum atomic E-state index is -0.0256. The molecular formula is C30H28N4OS. The second-order valence-electron chi connectivity index (χ2n) is 8.97. The lowest BCUT2D eigenvalue weighted by Gasteiger charge is -2.09. The number of nitrogens with one attached hydrogen (secondary N) is 2. The highest BCUT2D eigenvalue weighted by molar-refractivity contribution is 7.99. The number of para-hydroxylation sites is 1. The van der Waals surface area contributed by atoms with E-state index in [0.717, 1.165) is 50.0 Å². The molecule has 6 heteroatoms. The Morgan fingerprint density at radius 3 is 2.25 bits per heavy atom. The van der Waals surface area contributed by atoms with Gasteiger partial charge in [0, 0.05) is 34.4 Å². The summed E-state index contributed by atoms with van der Waals surface area (Å²) >= 11 is 1.56. The normalized spacial score (nSPS) is 11.1. The first-order valence-corrected chi connectivity index (χ1v) is 13.0. The number of aryl methyl sites for hydroxylation is 3. The van der Waals surface area contributed by atoms with Gasteiger partial charge in [0.1, 0.15) is 0 Å². The number of nitrogens with zero attached hydrogens (tertiary/aromatic N) is 2. The molecule has 2 aromatic heterocycles. The molecule has 1 amide bonds. The number of anilines is 1. The van der Waals surface area contributed by atoms with E-state index in [1.54, 1.807) is 11.8 Å². The Labute approximate surface area is 215 Å².